The topological polar surface area (TPSA) is 80.8 Å². The smallest absolute Gasteiger partial charge is 0.308 e. The van der Waals surface area contributed by atoms with E-state index < -0.39 is 27.9 Å². The van der Waals surface area contributed by atoms with Crippen LogP contribution in [0.3, 0.4) is 0 Å². The minimum Gasteiger partial charge on any atom is -0.461 e. The maximum Gasteiger partial charge on any atom is 0.308 e. The van der Waals surface area contributed by atoms with Crippen molar-refractivity contribution in [1.82, 2.24) is 4.31 Å². The van der Waals surface area contributed by atoms with Crippen LogP contribution >= 0.6 is 0 Å². The predicted octanol–water partition coefficient (Wildman–Crippen LogP) is 0.680. The van der Waals surface area contributed by atoms with Crippen molar-refractivity contribution in [2.24, 2.45) is 0 Å². The molecule has 1 fully saturated rings. The molecule has 1 unspecified atom stereocenters. The van der Waals surface area contributed by atoms with Gasteiger partial charge in [0, 0.05) is 6.92 Å². The summed E-state index contributed by atoms with van der Waals surface area (Å²) in [5, 5.41) is 0. The number of carbonyl (C=O) groups excluding carboxylic acids is 2. The molecule has 1 aliphatic heterocycles. The summed E-state index contributed by atoms with van der Waals surface area (Å²) in [6.45, 7) is 1.30. The van der Waals surface area contributed by atoms with Crippen LogP contribution in [0.15, 0.2) is 30.3 Å². The highest BCUT2D eigenvalue weighted by molar-refractivity contribution is 7.91. The van der Waals surface area contributed by atoms with E-state index in [4.69, 9.17) is 4.74 Å². The van der Waals surface area contributed by atoms with E-state index in [-0.39, 0.29) is 18.8 Å². The Morgan fingerprint density at radius 1 is 1.30 bits per heavy atom. The lowest BCUT2D eigenvalue weighted by Gasteiger charge is -2.38. The fourth-order valence-electron chi connectivity index (χ4n) is 2.12. The molecule has 1 saturated heterocycles. The third kappa shape index (κ3) is 3.16. The lowest BCUT2D eigenvalue weighted by atomic mass is 10.2. The average molecular weight is 297 g/mol. The van der Waals surface area contributed by atoms with Crippen LogP contribution in [-0.4, -0.2) is 36.4 Å². The van der Waals surface area contributed by atoms with Crippen molar-refractivity contribution in [1.29, 1.82) is 0 Å². The van der Waals surface area contributed by atoms with Crippen molar-refractivity contribution in [3.8, 4) is 0 Å². The largest absolute Gasteiger partial charge is 0.461 e. The number of amides is 1. The molecule has 1 amide bonds. The van der Waals surface area contributed by atoms with E-state index in [0.29, 0.717) is 0 Å². The summed E-state index contributed by atoms with van der Waals surface area (Å²) in [6.07, 6.45) is -0.106. The Labute approximate surface area is 117 Å². The molecule has 6 nitrogen and oxygen atoms in total. The molecular formula is C13H15NO5S. The Morgan fingerprint density at radius 3 is 2.50 bits per heavy atom. The highest BCUT2D eigenvalue weighted by Gasteiger charge is 2.46. The molecule has 1 aliphatic rings. The summed E-state index contributed by atoms with van der Waals surface area (Å²) < 4.78 is 28.6. The number of rotatable bonds is 4. The van der Waals surface area contributed by atoms with Gasteiger partial charge in [0.1, 0.15) is 6.61 Å². The molecular weight excluding hydrogens is 282 g/mol. The van der Waals surface area contributed by atoms with Gasteiger partial charge < -0.3 is 4.74 Å². The van der Waals surface area contributed by atoms with Crippen molar-refractivity contribution in [3.63, 3.8) is 0 Å². The zero-order valence-electron chi connectivity index (χ0n) is 11.0. The molecule has 2 rings (SSSR count). The molecule has 1 heterocycles. The molecule has 1 aromatic rings. The Bertz CT molecular complexity index is 611. The normalized spacial score (nSPS) is 20.1. The van der Waals surface area contributed by atoms with E-state index in [9.17, 15) is 18.0 Å². The molecule has 20 heavy (non-hydrogen) atoms. The number of hydrogen-bond acceptors (Lipinski definition) is 5. The summed E-state index contributed by atoms with van der Waals surface area (Å²) in [6, 6.07) is 8.56. The molecule has 1 atom stereocenters. The van der Waals surface area contributed by atoms with Crippen molar-refractivity contribution < 1.29 is 22.7 Å². The molecule has 108 valence electrons. The second-order valence-electron chi connectivity index (χ2n) is 4.60. The monoisotopic (exact) mass is 297 g/mol. The van der Waals surface area contributed by atoms with Crippen LogP contribution in [0.1, 0.15) is 18.9 Å². The van der Waals surface area contributed by atoms with Crippen molar-refractivity contribution in [2.75, 3.05) is 5.75 Å². The molecule has 0 bridgehead atoms. The van der Waals surface area contributed by atoms with Gasteiger partial charge in [0.25, 0.3) is 0 Å². The quantitative estimate of drug-likeness (QED) is 0.763. The summed E-state index contributed by atoms with van der Waals surface area (Å²) in [5.41, 5.74) is 0.852. The third-order valence-corrected chi connectivity index (χ3v) is 4.95. The highest BCUT2D eigenvalue weighted by Crippen LogP contribution is 2.25. The van der Waals surface area contributed by atoms with Crippen LogP contribution < -0.4 is 0 Å². The highest BCUT2D eigenvalue weighted by atomic mass is 32.2. The predicted molar refractivity (Wildman–Crippen MR) is 70.9 cm³/mol. The van der Waals surface area contributed by atoms with Crippen LogP contribution in [0.25, 0.3) is 0 Å². The minimum absolute atomic E-state index is 0.106. The molecule has 0 aliphatic carbocycles. The standard InChI is InChI=1S/C13H15NO5S/c1-10(15)14-12(9-20(14,17)18)7-13(16)19-8-11-5-3-2-4-6-11/h2-6,12H,7-9H2,1H3. The van der Waals surface area contributed by atoms with Gasteiger partial charge in [0.15, 0.2) is 0 Å². The zero-order valence-corrected chi connectivity index (χ0v) is 11.8. The minimum atomic E-state index is -3.51. The zero-order chi connectivity index (χ0) is 14.8. The van der Waals surface area contributed by atoms with E-state index >= 15 is 0 Å². The van der Waals surface area contributed by atoms with Crippen LogP contribution in [-0.2, 0) is 31.0 Å². The first-order valence-electron chi connectivity index (χ1n) is 6.12. The lowest BCUT2D eigenvalue weighted by molar-refractivity contribution is -0.146. The van der Waals surface area contributed by atoms with E-state index in [2.05, 4.69) is 0 Å². The number of carbonyl (C=O) groups is 2. The van der Waals surface area contributed by atoms with Gasteiger partial charge in [-0.05, 0) is 5.56 Å². The van der Waals surface area contributed by atoms with Gasteiger partial charge in [-0.3, -0.25) is 9.59 Å². The van der Waals surface area contributed by atoms with Gasteiger partial charge >= 0.3 is 5.97 Å². The van der Waals surface area contributed by atoms with Gasteiger partial charge in [-0.15, -0.1) is 0 Å². The Morgan fingerprint density at radius 2 is 1.95 bits per heavy atom. The van der Waals surface area contributed by atoms with Gasteiger partial charge in [-0.25, -0.2) is 12.7 Å². The van der Waals surface area contributed by atoms with E-state index in [0.717, 1.165) is 9.87 Å². The van der Waals surface area contributed by atoms with E-state index in [1.165, 1.54) is 6.92 Å². The second kappa shape index (κ2) is 5.62. The first-order valence-corrected chi connectivity index (χ1v) is 7.73. The molecule has 0 aromatic heterocycles. The molecule has 0 saturated carbocycles. The average Bonchev–Trinajstić information content (AvgIpc) is 2.35. The summed E-state index contributed by atoms with van der Waals surface area (Å²) in [5.74, 6) is -1.27. The number of ether oxygens (including phenoxy) is 1. The van der Waals surface area contributed by atoms with Crippen molar-refractivity contribution in [3.05, 3.63) is 35.9 Å². The summed E-state index contributed by atoms with van der Waals surface area (Å²) in [7, 11) is -3.51. The van der Waals surface area contributed by atoms with E-state index in [1.807, 2.05) is 30.3 Å². The summed E-state index contributed by atoms with van der Waals surface area (Å²) in [4.78, 5) is 22.9. The maximum absolute atomic E-state index is 11.6. The molecule has 0 spiro atoms. The Balaban J connectivity index is 1.85. The number of nitrogens with zero attached hydrogens (tertiary/aromatic N) is 1. The Hall–Kier alpha value is -1.89. The van der Waals surface area contributed by atoms with Crippen LogP contribution in [0.5, 0.6) is 0 Å². The Kier molecular flexibility index (Phi) is 4.08. The fourth-order valence-corrected chi connectivity index (χ4v) is 3.77. The first kappa shape index (κ1) is 14.5. The lowest BCUT2D eigenvalue weighted by Crippen LogP contribution is -2.59. The van der Waals surface area contributed by atoms with Gasteiger partial charge in [-0.1, -0.05) is 30.3 Å². The molecule has 0 radical (unpaired) electrons. The maximum atomic E-state index is 11.6. The number of hydrogen-bond donors (Lipinski definition) is 0. The number of benzene rings is 1. The molecule has 1 aromatic carbocycles. The van der Waals surface area contributed by atoms with E-state index in [1.54, 1.807) is 0 Å². The first-order chi connectivity index (χ1) is 9.40. The second-order valence-corrected chi connectivity index (χ2v) is 6.49. The van der Waals surface area contributed by atoms with Crippen molar-refractivity contribution >= 4 is 21.9 Å². The summed E-state index contributed by atoms with van der Waals surface area (Å²) >= 11 is 0. The van der Waals surface area contributed by atoms with Gasteiger partial charge in [0.05, 0.1) is 18.2 Å². The third-order valence-electron chi connectivity index (χ3n) is 2.99. The SMILES string of the molecule is CC(=O)N1C(CC(=O)OCc2ccccc2)CS1(=O)=O. The van der Waals surface area contributed by atoms with Crippen LogP contribution in [0, 0.1) is 0 Å². The number of esters is 1. The fraction of sp³-hybridized carbons (Fsp3) is 0.385. The molecule has 0 N–H and O–H groups in total. The van der Waals surface area contributed by atoms with Crippen LogP contribution in [0.4, 0.5) is 0 Å². The van der Waals surface area contributed by atoms with Crippen LogP contribution in [0.2, 0.25) is 0 Å². The molecule has 7 heteroatoms. The van der Waals surface area contributed by atoms with Gasteiger partial charge in [0.2, 0.25) is 15.9 Å². The van der Waals surface area contributed by atoms with Gasteiger partial charge in [-0.2, -0.15) is 0 Å². The number of sulfonamides is 1. The van der Waals surface area contributed by atoms with Crippen molar-refractivity contribution in [2.45, 2.75) is 26.0 Å².